The lowest BCUT2D eigenvalue weighted by Crippen LogP contribution is -2.54. The number of esters is 2. The Hall–Kier alpha value is -1.94. The maximum atomic E-state index is 12.1. The maximum absolute atomic E-state index is 12.1. The van der Waals surface area contributed by atoms with Crippen LogP contribution in [0.5, 0.6) is 0 Å². The molecule has 0 spiro atoms. The minimum Gasteiger partial charge on any atom is -0.460 e. The second-order valence-corrected chi connectivity index (χ2v) is 13.8. The van der Waals surface area contributed by atoms with Gasteiger partial charge in [0, 0.05) is 63.7 Å². The van der Waals surface area contributed by atoms with Gasteiger partial charge in [0.2, 0.25) is 0 Å². The average Bonchev–Trinajstić information content (AvgIpc) is 3.09. The molecule has 0 saturated heterocycles. The molecule has 0 bridgehead atoms. The molecule has 0 aromatic heterocycles. The van der Waals surface area contributed by atoms with Gasteiger partial charge in [0.15, 0.2) is 0 Å². The fourth-order valence-electron chi connectivity index (χ4n) is 5.18. The molecule has 0 fully saturated rings. The van der Waals surface area contributed by atoms with E-state index in [-0.39, 0.29) is 70.3 Å². The van der Waals surface area contributed by atoms with E-state index in [1.807, 2.05) is 0 Å². The number of aliphatic hydroxyl groups excluding tert-OH is 4. The Morgan fingerprint density at radius 2 is 0.942 bits per heavy atom. The third-order valence-electron chi connectivity index (χ3n) is 8.12. The van der Waals surface area contributed by atoms with Gasteiger partial charge in [-0.25, -0.2) is 9.59 Å². The molecule has 4 N–H and O–H groups in total. The molecule has 0 aliphatic rings. The molecule has 5 unspecified atom stereocenters. The van der Waals surface area contributed by atoms with E-state index in [1.54, 1.807) is 9.80 Å². The van der Waals surface area contributed by atoms with E-state index in [0.29, 0.717) is 19.8 Å². The van der Waals surface area contributed by atoms with Crippen molar-refractivity contribution in [3.05, 3.63) is 24.3 Å². The first-order chi connectivity index (χ1) is 24.8. The minimum absolute atomic E-state index is 0.0160. The van der Waals surface area contributed by atoms with E-state index in [1.165, 1.54) is 33.1 Å². The van der Waals surface area contributed by atoms with Gasteiger partial charge >= 0.3 is 11.9 Å². The lowest BCUT2D eigenvalue weighted by atomic mass is 10.1. The highest BCUT2D eigenvalue weighted by Gasteiger charge is 2.29. The van der Waals surface area contributed by atoms with E-state index < -0.39 is 42.6 Å². The fraction of sp³-hybridized carbons (Fsp3) is 0.846. The summed E-state index contributed by atoms with van der Waals surface area (Å²) in [4.78, 5) is 27.7. The fourth-order valence-corrected chi connectivity index (χ4v) is 5.18. The zero-order valence-corrected chi connectivity index (χ0v) is 33.1. The quantitative estimate of drug-likeness (QED) is 0.0315. The molecule has 0 rings (SSSR count). The molecule has 13 heteroatoms. The Bertz CT molecular complexity index is 938. The molecule has 0 aliphatic carbocycles. The molecule has 0 aromatic rings. The summed E-state index contributed by atoms with van der Waals surface area (Å²) in [6.45, 7) is 17.8. The van der Waals surface area contributed by atoms with Crippen LogP contribution in [0.3, 0.4) is 0 Å². The first-order valence-corrected chi connectivity index (χ1v) is 19.4. The molecule has 0 radical (unpaired) electrons. The molecule has 0 aliphatic heterocycles. The van der Waals surface area contributed by atoms with Gasteiger partial charge in [0.1, 0.15) is 31.6 Å². The van der Waals surface area contributed by atoms with Crippen LogP contribution >= 0.6 is 0 Å². The minimum atomic E-state index is -1.13. The van der Waals surface area contributed by atoms with Crippen molar-refractivity contribution in [2.75, 3.05) is 79.0 Å². The van der Waals surface area contributed by atoms with E-state index in [2.05, 4.69) is 33.9 Å². The van der Waals surface area contributed by atoms with Gasteiger partial charge in [-0.3, -0.25) is 9.80 Å². The smallest absolute Gasteiger partial charge is 0.333 e. The van der Waals surface area contributed by atoms with Crippen molar-refractivity contribution in [3.63, 3.8) is 0 Å². The third-order valence-corrected chi connectivity index (χ3v) is 8.12. The van der Waals surface area contributed by atoms with Gasteiger partial charge in [0.25, 0.3) is 0 Å². The monoisotopic (exact) mass is 747 g/mol. The number of aliphatic hydroxyl groups is 4. The number of hydrogen-bond acceptors (Lipinski definition) is 13. The molecule has 0 aromatic carbocycles. The van der Waals surface area contributed by atoms with Crippen LogP contribution in [-0.2, 0) is 33.3 Å². The van der Waals surface area contributed by atoms with Crippen LogP contribution in [0, 0.1) is 0 Å². The second kappa shape index (κ2) is 32.5. The molecular formula is C39H74N2O11. The lowest BCUT2D eigenvalue weighted by Gasteiger charge is -2.38. The van der Waals surface area contributed by atoms with E-state index in [0.717, 1.165) is 51.4 Å². The summed E-state index contributed by atoms with van der Waals surface area (Å²) < 4.78 is 28.2. The van der Waals surface area contributed by atoms with Crippen molar-refractivity contribution in [2.45, 2.75) is 136 Å². The number of nitrogens with zero attached hydrogens (tertiary/aromatic N) is 2. The van der Waals surface area contributed by atoms with Crippen LogP contribution in [-0.4, -0.2) is 152 Å². The SMILES string of the molecule is C=C(C)C(=O)OCC(O)CN(CC(O)COCCCC)CC(OCCCCCCCCC)N(CC(O)COCCCC)CC(O)COC(=O)C(=C)C. The van der Waals surface area contributed by atoms with Crippen molar-refractivity contribution in [2.24, 2.45) is 0 Å². The second-order valence-electron chi connectivity index (χ2n) is 13.8. The van der Waals surface area contributed by atoms with E-state index in [4.69, 9.17) is 23.7 Å². The topological polar surface area (TPSA) is 168 Å². The number of carbonyl (C=O) groups excluding carboxylic acids is 2. The van der Waals surface area contributed by atoms with Gasteiger partial charge in [-0.2, -0.15) is 0 Å². The highest BCUT2D eigenvalue weighted by atomic mass is 16.5. The van der Waals surface area contributed by atoms with Crippen molar-refractivity contribution in [1.82, 2.24) is 9.80 Å². The predicted octanol–water partition coefficient (Wildman–Crippen LogP) is 4.00. The van der Waals surface area contributed by atoms with Crippen LogP contribution in [0.4, 0.5) is 0 Å². The van der Waals surface area contributed by atoms with Gasteiger partial charge in [0.05, 0.1) is 25.4 Å². The third kappa shape index (κ3) is 27.6. The summed E-state index contributed by atoms with van der Waals surface area (Å²) in [7, 11) is 0. The largest absolute Gasteiger partial charge is 0.460 e. The Labute approximate surface area is 314 Å². The molecule has 5 atom stereocenters. The van der Waals surface area contributed by atoms with Crippen LogP contribution in [0.15, 0.2) is 24.3 Å². The van der Waals surface area contributed by atoms with Crippen LogP contribution in [0.1, 0.15) is 105 Å². The van der Waals surface area contributed by atoms with Crippen molar-refractivity contribution < 1.29 is 53.7 Å². The van der Waals surface area contributed by atoms with Crippen molar-refractivity contribution in [3.8, 4) is 0 Å². The van der Waals surface area contributed by atoms with Crippen molar-refractivity contribution >= 4 is 11.9 Å². The molecule has 52 heavy (non-hydrogen) atoms. The van der Waals surface area contributed by atoms with Crippen molar-refractivity contribution in [1.29, 1.82) is 0 Å². The number of carbonyl (C=O) groups is 2. The first kappa shape index (κ1) is 50.1. The molecular weight excluding hydrogens is 672 g/mol. The van der Waals surface area contributed by atoms with E-state index >= 15 is 0 Å². The van der Waals surface area contributed by atoms with Crippen LogP contribution < -0.4 is 0 Å². The first-order valence-electron chi connectivity index (χ1n) is 19.4. The predicted molar refractivity (Wildman–Crippen MR) is 203 cm³/mol. The molecule has 0 saturated carbocycles. The average molecular weight is 747 g/mol. The summed E-state index contributed by atoms with van der Waals surface area (Å²) in [5.74, 6) is -1.24. The zero-order chi connectivity index (χ0) is 39.1. The molecule has 0 heterocycles. The van der Waals surface area contributed by atoms with Crippen LogP contribution in [0.25, 0.3) is 0 Å². The number of rotatable bonds is 36. The Kier molecular flexibility index (Phi) is 31.3. The summed E-state index contributed by atoms with van der Waals surface area (Å²) in [5, 5.41) is 44.0. The van der Waals surface area contributed by atoms with Gasteiger partial charge in [-0.1, -0.05) is 85.3 Å². The number of ether oxygens (including phenoxy) is 5. The maximum Gasteiger partial charge on any atom is 0.333 e. The highest BCUT2D eigenvalue weighted by molar-refractivity contribution is 5.87. The number of unbranched alkanes of at least 4 members (excludes halogenated alkanes) is 8. The summed E-state index contributed by atoms with van der Waals surface area (Å²) in [5.41, 5.74) is 0.419. The van der Waals surface area contributed by atoms with Gasteiger partial charge in [-0.15, -0.1) is 0 Å². The van der Waals surface area contributed by atoms with E-state index in [9.17, 15) is 30.0 Å². The zero-order valence-electron chi connectivity index (χ0n) is 33.1. The normalized spacial score (nSPS) is 14.6. The lowest BCUT2D eigenvalue weighted by molar-refractivity contribution is -0.146. The van der Waals surface area contributed by atoms with Gasteiger partial charge in [-0.05, 0) is 33.1 Å². The molecule has 13 nitrogen and oxygen atoms in total. The summed E-state index contributed by atoms with van der Waals surface area (Å²) in [6.07, 6.45) is 6.46. The van der Waals surface area contributed by atoms with Gasteiger partial charge < -0.3 is 44.1 Å². The Morgan fingerprint density at radius 3 is 1.40 bits per heavy atom. The standard InChI is InChI=1S/C39H74N2O11/c1-8-11-14-15-16-17-18-21-50-37(41(24-35(44)28-49-20-13-10-3)25-36(45)30-52-39(47)32(6)7)26-40(22-33(42)27-48-19-12-9-2)23-34(43)29-51-38(46)31(4)5/h33-37,42-45H,4,6,8-30H2,1-3,5,7H3. The Morgan fingerprint density at radius 1 is 0.538 bits per heavy atom. The highest BCUT2D eigenvalue weighted by Crippen LogP contribution is 2.14. The number of hydrogen-bond donors (Lipinski definition) is 4. The molecule has 0 amide bonds. The van der Waals surface area contributed by atoms with Crippen LogP contribution in [0.2, 0.25) is 0 Å². The Balaban J connectivity index is 6.23. The molecule has 306 valence electrons. The summed E-state index contributed by atoms with van der Waals surface area (Å²) in [6, 6.07) is 0. The summed E-state index contributed by atoms with van der Waals surface area (Å²) >= 11 is 0.